The normalized spacial score (nSPS) is 18.6. The molecule has 1 aliphatic rings. The first kappa shape index (κ1) is 13.5. The van der Waals surface area contributed by atoms with Gasteiger partial charge in [0.1, 0.15) is 11.1 Å². The number of methoxy groups -OCH3 is 1. The van der Waals surface area contributed by atoms with Gasteiger partial charge < -0.3 is 9.64 Å². The second-order valence-corrected chi connectivity index (χ2v) is 6.64. The van der Waals surface area contributed by atoms with Crippen LogP contribution in [0.25, 0.3) is 0 Å². The predicted octanol–water partition coefficient (Wildman–Crippen LogP) is 3.53. The molecule has 1 atom stereocenters. The fourth-order valence-corrected chi connectivity index (χ4v) is 4.15. The van der Waals surface area contributed by atoms with E-state index in [1.165, 1.54) is 4.88 Å². The third-order valence-corrected chi connectivity index (χ3v) is 5.37. The van der Waals surface area contributed by atoms with Crippen LogP contribution in [0.2, 0.25) is 0 Å². The van der Waals surface area contributed by atoms with Gasteiger partial charge in [0.25, 0.3) is 0 Å². The Kier molecular flexibility index (Phi) is 3.98. The highest BCUT2D eigenvalue weighted by Gasteiger charge is 2.33. The predicted molar refractivity (Wildman–Crippen MR) is 83.1 cm³/mol. The molecule has 0 radical (unpaired) electrons. The Labute approximate surface area is 126 Å². The molecule has 1 amide bonds. The Bertz CT molecular complexity index is 598. The fourth-order valence-electron chi connectivity index (χ4n) is 2.27. The van der Waals surface area contributed by atoms with Crippen molar-refractivity contribution in [1.82, 2.24) is 4.90 Å². The molecule has 2 heterocycles. The minimum atomic E-state index is 0.0831. The molecule has 104 valence electrons. The molecule has 0 saturated carbocycles. The van der Waals surface area contributed by atoms with Crippen LogP contribution < -0.4 is 4.74 Å². The van der Waals surface area contributed by atoms with Crippen molar-refractivity contribution in [3.05, 3.63) is 52.2 Å². The highest BCUT2D eigenvalue weighted by molar-refractivity contribution is 8.00. The van der Waals surface area contributed by atoms with Crippen molar-refractivity contribution in [3.63, 3.8) is 0 Å². The number of carbonyl (C=O) groups excluding carboxylic acids is 1. The second-order valence-electron chi connectivity index (χ2n) is 4.54. The van der Waals surface area contributed by atoms with E-state index in [-0.39, 0.29) is 11.3 Å². The van der Waals surface area contributed by atoms with Crippen molar-refractivity contribution in [2.24, 2.45) is 0 Å². The average molecular weight is 305 g/mol. The van der Waals surface area contributed by atoms with Gasteiger partial charge in [-0.3, -0.25) is 4.79 Å². The molecule has 1 aromatic carbocycles. The molecule has 1 unspecified atom stereocenters. The van der Waals surface area contributed by atoms with E-state index < -0.39 is 0 Å². The number of rotatable bonds is 4. The van der Waals surface area contributed by atoms with Gasteiger partial charge in [-0.2, -0.15) is 0 Å². The minimum Gasteiger partial charge on any atom is -0.497 e. The molecule has 3 rings (SSSR count). The summed E-state index contributed by atoms with van der Waals surface area (Å²) in [5, 5.41) is 2.13. The quantitative estimate of drug-likeness (QED) is 0.865. The number of benzene rings is 1. The van der Waals surface area contributed by atoms with E-state index in [0.717, 1.165) is 11.3 Å². The van der Waals surface area contributed by atoms with Gasteiger partial charge in [0, 0.05) is 4.88 Å². The summed E-state index contributed by atoms with van der Waals surface area (Å²) in [6.07, 6.45) is 0. The summed E-state index contributed by atoms with van der Waals surface area (Å²) in [5.74, 6) is 1.59. The number of hydrogen-bond donors (Lipinski definition) is 0. The maximum atomic E-state index is 12.1. The summed E-state index contributed by atoms with van der Waals surface area (Å²) in [6, 6.07) is 12.1. The summed E-state index contributed by atoms with van der Waals surface area (Å²) < 4.78 is 5.27. The van der Waals surface area contributed by atoms with Crippen molar-refractivity contribution >= 4 is 29.0 Å². The van der Waals surface area contributed by atoms with Crippen molar-refractivity contribution in [2.75, 3.05) is 12.9 Å². The maximum absolute atomic E-state index is 12.1. The summed E-state index contributed by atoms with van der Waals surface area (Å²) in [4.78, 5) is 15.3. The first-order chi connectivity index (χ1) is 9.78. The van der Waals surface area contributed by atoms with E-state index in [9.17, 15) is 4.79 Å². The summed E-state index contributed by atoms with van der Waals surface area (Å²) >= 11 is 3.37. The Balaban J connectivity index is 1.85. The molecule has 20 heavy (non-hydrogen) atoms. The van der Waals surface area contributed by atoms with E-state index in [4.69, 9.17) is 4.74 Å². The van der Waals surface area contributed by atoms with Gasteiger partial charge in [-0.25, -0.2) is 0 Å². The van der Waals surface area contributed by atoms with E-state index in [1.54, 1.807) is 30.2 Å². The van der Waals surface area contributed by atoms with E-state index >= 15 is 0 Å². The highest BCUT2D eigenvalue weighted by Crippen LogP contribution is 2.40. The van der Waals surface area contributed by atoms with E-state index in [1.807, 2.05) is 34.5 Å². The van der Waals surface area contributed by atoms with Gasteiger partial charge >= 0.3 is 0 Å². The third kappa shape index (κ3) is 2.69. The zero-order chi connectivity index (χ0) is 13.9. The van der Waals surface area contributed by atoms with Crippen LogP contribution >= 0.6 is 23.1 Å². The molecule has 2 aromatic rings. The molecule has 1 fully saturated rings. The maximum Gasteiger partial charge on any atom is 0.234 e. The summed E-state index contributed by atoms with van der Waals surface area (Å²) in [5.41, 5.74) is 1.12. The van der Waals surface area contributed by atoms with Gasteiger partial charge in [-0.15, -0.1) is 23.1 Å². The number of carbonyl (C=O) groups is 1. The average Bonchev–Trinajstić information content (AvgIpc) is 3.11. The first-order valence-corrected chi connectivity index (χ1v) is 8.28. The molecular formula is C15H15NO2S2. The van der Waals surface area contributed by atoms with Crippen molar-refractivity contribution in [2.45, 2.75) is 11.9 Å². The Morgan fingerprint density at radius 1 is 1.35 bits per heavy atom. The highest BCUT2D eigenvalue weighted by atomic mass is 32.2. The van der Waals surface area contributed by atoms with Gasteiger partial charge in [-0.1, -0.05) is 18.2 Å². The van der Waals surface area contributed by atoms with Gasteiger partial charge in [0.15, 0.2) is 0 Å². The second kappa shape index (κ2) is 5.89. The van der Waals surface area contributed by atoms with Crippen LogP contribution in [0.4, 0.5) is 0 Å². The minimum absolute atomic E-state index is 0.0831. The van der Waals surface area contributed by atoms with E-state index in [0.29, 0.717) is 12.3 Å². The first-order valence-electron chi connectivity index (χ1n) is 6.35. The zero-order valence-corrected chi connectivity index (χ0v) is 12.7. The van der Waals surface area contributed by atoms with Crippen LogP contribution in [0.5, 0.6) is 5.75 Å². The van der Waals surface area contributed by atoms with Crippen LogP contribution in [-0.2, 0) is 11.3 Å². The van der Waals surface area contributed by atoms with Gasteiger partial charge in [0.05, 0.1) is 19.4 Å². The fraction of sp³-hybridized carbons (Fsp3) is 0.267. The largest absolute Gasteiger partial charge is 0.497 e. The monoisotopic (exact) mass is 305 g/mol. The lowest BCUT2D eigenvalue weighted by Crippen LogP contribution is -2.27. The third-order valence-electron chi connectivity index (χ3n) is 3.25. The topological polar surface area (TPSA) is 29.5 Å². The lowest BCUT2D eigenvalue weighted by atomic mass is 10.2. The number of thiophene rings is 1. The van der Waals surface area contributed by atoms with Crippen molar-refractivity contribution in [1.29, 1.82) is 0 Å². The number of ether oxygens (including phenoxy) is 1. The molecule has 0 spiro atoms. The molecule has 1 aromatic heterocycles. The van der Waals surface area contributed by atoms with Crippen molar-refractivity contribution < 1.29 is 9.53 Å². The van der Waals surface area contributed by atoms with Crippen LogP contribution in [0.1, 0.15) is 15.8 Å². The van der Waals surface area contributed by atoms with Gasteiger partial charge in [0.2, 0.25) is 5.91 Å². The number of amides is 1. The van der Waals surface area contributed by atoms with Crippen LogP contribution in [0.3, 0.4) is 0 Å². The molecule has 0 aliphatic carbocycles. The lowest BCUT2D eigenvalue weighted by molar-refractivity contribution is -0.128. The molecule has 1 saturated heterocycles. The number of nitrogens with zero attached hydrogens (tertiary/aromatic N) is 1. The van der Waals surface area contributed by atoms with Gasteiger partial charge in [-0.05, 0) is 29.1 Å². The van der Waals surface area contributed by atoms with Crippen LogP contribution in [0.15, 0.2) is 41.8 Å². The number of hydrogen-bond acceptors (Lipinski definition) is 4. The standard InChI is InChI=1S/C15H15NO2S2/c1-18-12-5-2-4-11(8-12)15-16(14(17)10-20-15)9-13-6-3-7-19-13/h2-8,15H,9-10H2,1H3. The van der Waals surface area contributed by atoms with Crippen LogP contribution in [0, 0.1) is 0 Å². The Morgan fingerprint density at radius 2 is 2.25 bits per heavy atom. The molecular weight excluding hydrogens is 290 g/mol. The molecule has 1 aliphatic heterocycles. The zero-order valence-electron chi connectivity index (χ0n) is 11.1. The van der Waals surface area contributed by atoms with E-state index in [2.05, 4.69) is 12.1 Å². The Hall–Kier alpha value is -1.46. The smallest absolute Gasteiger partial charge is 0.234 e. The Morgan fingerprint density at radius 3 is 3.00 bits per heavy atom. The number of thioether (sulfide) groups is 1. The molecule has 3 nitrogen and oxygen atoms in total. The summed E-state index contributed by atoms with van der Waals surface area (Å²) in [7, 11) is 1.66. The molecule has 0 N–H and O–H groups in total. The SMILES string of the molecule is COc1cccc(C2SCC(=O)N2Cc2cccs2)c1. The summed E-state index contributed by atoms with van der Waals surface area (Å²) in [6.45, 7) is 0.686. The molecule has 5 heteroatoms. The lowest BCUT2D eigenvalue weighted by Gasteiger charge is -2.24. The van der Waals surface area contributed by atoms with Crippen LogP contribution in [-0.4, -0.2) is 23.7 Å². The molecule has 0 bridgehead atoms. The van der Waals surface area contributed by atoms with Crippen molar-refractivity contribution in [3.8, 4) is 5.75 Å².